The van der Waals surface area contributed by atoms with Crippen LogP contribution in [-0.4, -0.2) is 20.7 Å². The molecule has 3 aromatic rings. The van der Waals surface area contributed by atoms with Crippen molar-refractivity contribution in [3.8, 4) is 10.6 Å². The van der Waals surface area contributed by atoms with Crippen LogP contribution in [0, 0.1) is 6.92 Å². The zero-order valence-electron chi connectivity index (χ0n) is 12.5. The van der Waals surface area contributed by atoms with Crippen LogP contribution >= 0.6 is 22.7 Å². The molecule has 0 aromatic carbocycles. The molecule has 0 saturated heterocycles. The van der Waals surface area contributed by atoms with E-state index in [0.29, 0.717) is 10.7 Å². The number of aromatic nitrogens is 3. The molecule has 5 nitrogen and oxygen atoms in total. The molecule has 0 unspecified atom stereocenters. The molecule has 1 N–H and O–H groups in total. The molecular weight excluding hydrogens is 316 g/mol. The molecule has 3 heterocycles. The van der Waals surface area contributed by atoms with Gasteiger partial charge in [-0.05, 0) is 32.2 Å². The summed E-state index contributed by atoms with van der Waals surface area (Å²) in [6.45, 7) is 5.91. The van der Waals surface area contributed by atoms with E-state index < -0.39 is 0 Å². The number of carbonyl (C=O) groups is 1. The monoisotopic (exact) mass is 332 g/mol. The third-order valence-corrected chi connectivity index (χ3v) is 5.06. The number of hydrogen-bond acceptors (Lipinski definition) is 5. The molecule has 3 aromatic heterocycles. The van der Waals surface area contributed by atoms with Crippen molar-refractivity contribution in [3.63, 3.8) is 0 Å². The molecule has 7 heteroatoms. The van der Waals surface area contributed by atoms with Gasteiger partial charge in [-0.15, -0.1) is 11.3 Å². The quantitative estimate of drug-likeness (QED) is 0.778. The Kier molecular flexibility index (Phi) is 4.08. The Balaban J connectivity index is 1.85. The molecule has 0 radical (unpaired) electrons. The van der Waals surface area contributed by atoms with Gasteiger partial charge in [0, 0.05) is 23.1 Å². The fourth-order valence-corrected chi connectivity index (χ4v) is 3.79. The van der Waals surface area contributed by atoms with Crippen LogP contribution in [0.2, 0.25) is 0 Å². The van der Waals surface area contributed by atoms with Crippen molar-refractivity contribution in [3.05, 3.63) is 39.7 Å². The van der Waals surface area contributed by atoms with Gasteiger partial charge in [0.15, 0.2) is 0 Å². The molecule has 0 fully saturated rings. The van der Waals surface area contributed by atoms with Crippen molar-refractivity contribution < 1.29 is 4.79 Å². The summed E-state index contributed by atoms with van der Waals surface area (Å²) < 4.78 is 1.79. The van der Waals surface area contributed by atoms with Gasteiger partial charge in [0.2, 0.25) is 0 Å². The minimum Gasteiger partial charge on any atom is -0.306 e. The number of anilines is 1. The van der Waals surface area contributed by atoms with E-state index in [0.717, 1.165) is 16.3 Å². The minimum absolute atomic E-state index is 0.140. The lowest BCUT2D eigenvalue weighted by atomic mass is 10.3. The molecule has 22 heavy (non-hydrogen) atoms. The minimum atomic E-state index is -0.140. The third kappa shape index (κ3) is 2.82. The second kappa shape index (κ2) is 6.02. The molecule has 0 atom stereocenters. The van der Waals surface area contributed by atoms with E-state index in [4.69, 9.17) is 0 Å². The highest BCUT2D eigenvalue weighted by Crippen LogP contribution is 2.30. The molecule has 114 valence electrons. The first-order chi connectivity index (χ1) is 10.6. The highest BCUT2D eigenvalue weighted by Gasteiger charge is 2.18. The third-order valence-electron chi connectivity index (χ3n) is 3.17. The van der Waals surface area contributed by atoms with E-state index >= 15 is 0 Å². The normalized spacial score (nSPS) is 11.1. The van der Waals surface area contributed by atoms with Crippen LogP contribution in [0.3, 0.4) is 0 Å². The molecule has 1 amide bonds. The van der Waals surface area contributed by atoms with Gasteiger partial charge in [0.25, 0.3) is 5.91 Å². The number of nitrogens with zero attached hydrogens (tertiary/aromatic N) is 3. The van der Waals surface area contributed by atoms with E-state index in [1.54, 1.807) is 28.3 Å². The molecule has 0 aliphatic rings. The topological polar surface area (TPSA) is 59.8 Å². The number of carbonyl (C=O) groups excluding carboxylic acids is 1. The maximum absolute atomic E-state index is 12.5. The molecule has 3 rings (SSSR count). The molecule has 0 saturated carbocycles. The highest BCUT2D eigenvalue weighted by atomic mass is 32.1. The lowest BCUT2D eigenvalue weighted by molar-refractivity contribution is 0.102. The van der Waals surface area contributed by atoms with Gasteiger partial charge in [0.1, 0.15) is 15.7 Å². The standard InChI is InChI=1S/C15H16N4OS2/c1-9(2)19-12(4-6-16-19)18-14(20)13-10(3)17-15(22-13)11-5-7-21-8-11/h4-9H,1-3H3,(H,18,20). The Bertz CT molecular complexity index is 786. The molecule has 0 aliphatic heterocycles. The van der Waals surface area contributed by atoms with Gasteiger partial charge in [0.05, 0.1) is 11.9 Å². The smallest absolute Gasteiger partial charge is 0.268 e. The second-order valence-electron chi connectivity index (χ2n) is 5.15. The lowest BCUT2D eigenvalue weighted by Crippen LogP contribution is -2.16. The zero-order chi connectivity index (χ0) is 15.7. The van der Waals surface area contributed by atoms with Gasteiger partial charge in [-0.25, -0.2) is 9.67 Å². The van der Waals surface area contributed by atoms with Crippen LogP contribution < -0.4 is 5.32 Å². The van der Waals surface area contributed by atoms with Crippen molar-refractivity contribution in [2.75, 3.05) is 5.32 Å². The van der Waals surface area contributed by atoms with Gasteiger partial charge in [-0.1, -0.05) is 0 Å². The molecule has 0 aliphatic carbocycles. The average molecular weight is 332 g/mol. The van der Waals surface area contributed by atoms with E-state index in [-0.39, 0.29) is 11.9 Å². The molecule has 0 bridgehead atoms. The Morgan fingerprint density at radius 2 is 2.18 bits per heavy atom. The maximum Gasteiger partial charge on any atom is 0.268 e. The fraction of sp³-hybridized carbons (Fsp3) is 0.267. The number of thiazole rings is 1. The number of aryl methyl sites for hydroxylation is 1. The van der Waals surface area contributed by atoms with Crippen molar-refractivity contribution in [2.24, 2.45) is 0 Å². The summed E-state index contributed by atoms with van der Waals surface area (Å²) in [6.07, 6.45) is 1.69. The van der Waals surface area contributed by atoms with Gasteiger partial charge >= 0.3 is 0 Å². The first kappa shape index (κ1) is 14.9. The van der Waals surface area contributed by atoms with Gasteiger partial charge < -0.3 is 5.32 Å². The molecular formula is C15H16N4OS2. The Morgan fingerprint density at radius 1 is 1.36 bits per heavy atom. The number of rotatable bonds is 4. The summed E-state index contributed by atoms with van der Waals surface area (Å²) in [4.78, 5) is 17.7. The number of amides is 1. The summed E-state index contributed by atoms with van der Waals surface area (Å²) in [6, 6.07) is 4.00. The predicted octanol–water partition coefficient (Wildman–Crippen LogP) is 4.21. The largest absolute Gasteiger partial charge is 0.306 e. The maximum atomic E-state index is 12.5. The van der Waals surface area contributed by atoms with Crippen LogP contribution in [0.1, 0.15) is 35.3 Å². The lowest BCUT2D eigenvalue weighted by Gasteiger charge is -2.11. The summed E-state index contributed by atoms with van der Waals surface area (Å²) >= 11 is 3.04. The Hall–Kier alpha value is -1.99. The van der Waals surface area contributed by atoms with Crippen molar-refractivity contribution in [2.45, 2.75) is 26.8 Å². The van der Waals surface area contributed by atoms with E-state index in [2.05, 4.69) is 15.4 Å². The summed E-state index contributed by atoms with van der Waals surface area (Å²) in [5.74, 6) is 0.559. The van der Waals surface area contributed by atoms with Crippen molar-refractivity contribution >= 4 is 34.4 Å². The van der Waals surface area contributed by atoms with Crippen LogP contribution in [0.5, 0.6) is 0 Å². The van der Waals surface area contributed by atoms with Crippen LogP contribution in [0.25, 0.3) is 10.6 Å². The van der Waals surface area contributed by atoms with E-state index in [9.17, 15) is 4.79 Å². The van der Waals surface area contributed by atoms with Crippen molar-refractivity contribution in [1.29, 1.82) is 0 Å². The first-order valence-corrected chi connectivity index (χ1v) is 8.67. The SMILES string of the molecule is Cc1nc(-c2ccsc2)sc1C(=O)Nc1ccnn1C(C)C. The highest BCUT2D eigenvalue weighted by molar-refractivity contribution is 7.17. The average Bonchev–Trinajstić information content (AvgIpc) is 3.16. The van der Waals surface area contributed by atoms with E-state index in [1.807, 2.05) is 37.6 Å². The Morgan fingerprint density at radius 3 is 2.86 bits per heavy atom. The number of hydrogen-bond donors (Lipinski definition) is 1. The van der Waals surface area contributed by atoms with Crippen LogP contribution in [-0.2, 0) is 0 Å². The van der Waals surface area contributed by atoms with Gasteiger partial charge in [-0.3, -0.25) is 4.79 Å². The first-order valence-electron chi connectivity index (χ1n) is 6.91. The summed E-state index contributed by atoms with van der Waals surface area (Å²) in [7, 11) is 0. The van der Waals surface area contributed by atoms with Crippen molar-refractivity contribution in [1.82, 2.24) is 14.8 Å². The zero-order valence-corrected chi connectivity index (χ0v) is 14.2. The number of thiophene rings is 1. The Labute approximate surface area is 136 Å². The van der Waals surface area contributed by atoms with Crippen LogP contribution in [0.15, 0.2) is 29.1 Å². The van der Waals surface area contributed by atoms with Crippen LogP contribution in [0.4, 0.5) is 5.82 Å². The van der Waals surface area contributed by atoms with E-state index in [1.165, 1.54) is 11.3 Å². The fourth-order valence-electron chi connectivity index (χ4n) is 2.11. The predicted molar refractivity (Wildman–Crippen MR) is 90.7 cm³/mol. The molecule has 0 spiro atoms. The second-order valence-corrected chi connectivity index (χ2v) is 6.93. The number of nitrogens with one attached hydrogen (secondary N) is 1. The van der Waals surface area contributed by atoms with Gasteiger partial charge in [-0.2, -0.15) is 16.4 Å². The summed E-state index contributed by atoms with van der Waals surface area (Å²) in [5.41, 5.74) is 1.81. The summed E-state index contributed by atoms with van der Waals surface area (Å²) in [5, 5.41) is 12.1.